The summed E-state index contributed by atoms with van der Waals surface area (Å²) in [5, 5.41) is 0.688. The van der Waals surface area contributed by atoms with Crippen LogP contribution in [-0.2, 0) is 6.42 Å². The highest BCUT2D eigenvalue weighted by Gasteiger charge is 2.18. The number of pyridine rings is 1. The van der Waals surface area contributed by atoms with Gasteiger partial charge in [-0.05, 0) is 23.8 Å². The number of methoxy groups -OCH3 is 1. The Morgan fingerprint density at radius 2 is 2.17 bits per heavy atom. The van der Waals surface area contributed by atoms with Crippen molar-refractivity contribution < 1.29 is 18.3 Å². The third-order valence-electron chi connectivity index (χ3n) is 3.65. The van der Waals surface area contributed by atoms with E-state index >= 15 is 0 Å². The third-order valence-corrected chi connectivity index (χ3v) is 3.65. The van der Waals surface area contributed by atoms with Crippen molar-refractivity contribution in [2.75, 3.05) is 7.11 Å². The van der Waals surface area contributed by atoms with Gasteiger partial charge in [0.1, 0.15) is 23.0 Å². The van der Waals surface area contributed by atoms with E-state index < -0.39 is 17.5 Å². The minimum Gasteiger partial charge on any atom is -0.495 e. The average molecular weight is 317 g/mol. The number of benzene rings is 1. The number of carbonyl (C=O) groups is 1. The Balaban J connectivity index is 2.09. The zero-order valence-corrected chi connectivity index (χ0v) is 12.2. The molecule has 5 nitrogen and oxygen atoms in total. The summed E-state index contributed by atoms with van der Waals surface area (Å²) in [6.07, 6.45) is 3.11. The minimum absolute atomic E-state index is 0.0480. The van der Waals surface area contributed by atoms with Crippen LogP contribution in [0.15, 0.2) is 30.6 Å². The predicted octanol–water partition coefficient (Wildman–Crippen LogP) is 2.54. The first-order chi connectivity index (χ1) is 11.0. The highest BCUT2D eigenvalue weighted by molar-refractivity contribution is 5.93. The molecule has 0 saturated heterocycles. The number of aromatic nitrogens is 2. The van der Waals surface area contributed by atoms with Gasteiger partial charge in [0.15, 0.2) is 0 Å². The van der Waals surface area contributed by atoms with Gasteiger partial charge in [0.2, 0.25) is 0 Å². The van der Waals surface area contributed by atoms with E-state index in [1.165, 1.54) is 13.3 Å². The second-order valence-corrected chi connectivity index (χ2v) is 5.01. The van der Waals surface area contributed by atoms with Gasteiger partial charge in [0, 0.05) is 23.6 Å². The van der Waals surface area contributed by atoms with Crippen LogP contribution in [-0.4, -0.2) is 23.0 Å². The molecule has 0 aliphatic rings. The Bertz CT molecular complexity index is 906. The largest absolute Gasteiger partial charge is 0.495 e. The van der Waals surface area contributed by atoms with E-state index in [-0.39, 0.29) is 17.5 Å². The van der Waals surface area contributed by atoms with Crippen LogP contribution in [0.1, 0.15) is 21.5 Å². The highest BCUT2D eigenvalue weighted by atomic mass is 19.1. The maximum absolute atomic E-state index is 14.3. The van der Waals surface area contributed by atoms with Gasteiger partial charge in [-0.25, -0.2) is 13.8 Å². The molecule has 0 radical (unpaired) electrons. The maximum Gasteiger partial charge on any atom is 0.251 e. The lowest BCUT2D eigenvalue weighted by atomic mass is 10.0. The number of halogens is 2. The van der Waals surface area contributed by atoms with Gasteiger partial charge in [-0.1, -0.05) is 0 Å². The Labute approximate surface area is 130 Å². The van der Waals surface area contributed by atoms with Crippen LogP contribution in [0.3, 0.4) is 0 Å². The second kappa shape index (κ2) is 5.68. The molecule has 0 bridgehead atoms. The summed E-state index contributed by atoms with van der Waals surface area (Å²) in [5.41, 5.74) is 5.75. The van der Waals surface area contributed by atoms with Crippen molar-refractivity contribution in [3.63, 3.8) is 0 Å². The molecule has 23 heavy (non-hydrogen) atoms. The van der Waals surface area contributed by atoms with Gasteiger partial charge in [0.05, 0.1) is 18.9 Å². The Hall–Kier alpha value is -2.96. The van der Waals surface area contributed by atoms with Gasteiger partial charge in [0.25, 0.3) is 5.91 Å². The lowest BCUT2D eigenvalue weighted by Crippen LogP contribution is -2.15. The molecule has 0 spiro atoms. The van der Waals surface area contributed by atoms with Crippen molar-refractivity contribution >= 4 is 16.9 Å². The van der Waals surface area contributed by atoms with E-state index in [2.05, 4.69) is 9.97 Å². The number of carbonyl (C=O) groups excluding carboxylic acids is 1. The molecule has 7 heteroatoms. The number of nitrogens with two attached hydrogens (primary N) is 1. The minimum atomic E-state index is -0.942. The molecule has 2 heterocycles. The predicted molar refractivity (Wildman–Crippen MR) is 80.3 cm³/mol. The van der Waals surface area contributed by atoms with Gasteiger partial charge in [-0.15, -0.1) is 0 Å². The molecule has 0 fully saturated rings. The van der Waals surface area contributed by atoms with Crippen LogP contribution in [0.5, 0.6) is 5.75 Å². The van der Waals surface area contributed by atoms with Crippen LogP contribution < -0.4 is 10.5 Å². The molecule has 0 unspecified atom stereocenters. The number of nitrogens with one attached hydrogen (secondary N) is 1. The fourth-order valence-corrected chi connectivity index (χ4v) is 2.44. The molecule has 118 valence electrons. The molecule has 1 amide bonds. The molecular weight excluding hydrogens is 304 g/mol. The number of ether oxygens (including phenoxy) is 1. The number of H-pyrrole nitrogens is 1. The van der Waals surface area contributed by atoms with E-state index in [9.17, 15) is 13.6 Å². The van der Waals surface area contributed by atoms with Crippen LogP contribution >= 0.6 is 0 Å². The number of hydrogen-bond acceptors (Lipinski definition) is 3. The average Bonchev–Trinajstić information content (AvgIpc) is 2.93. The zero-order valence-electron chi connectivity index (χ0n) is 12.2. The number of aromatic amines is 1. The number of rotatable bonds is 4. The number of hydrogen-bond donors (Lipinski definition) is 2. The molecule has 0 aliphatic heterocycles. The number of nitrogens with zero attached hydrogens (tertiary/aromatic N) is 1. The lowest BCUT2D eigenvalue weighted by molar-refractivity contribution is 0.0996. The molecule has 2 aromatic heterocycles. The Kier molecular flexibility index (Phi) is 3.69. The van der Waals surface area contributed by atoms with Gasteiger partial charge in [-0.2, -0.15) is 0 Å². The first-order valence-electron chi connectivity index (χ1n) is 6.78. The summed E-state index contributed by atoms with van der Waals surface area (Å²) in [7, 11) is 1.50. The molecule has 3 N–H and O–H groups in total. The van der Waals surface area contributed by atoms with Crippen LogP contribution in [0.4, 0.5) is 8.78 Å². The van der Waals surface area contributed by atoms with Crippen LogP contribution in [0.2, 0.25) is 0 Å². The van der Waals surface area contributed by atoms with Gasteiger partial charge in [-0.3, -0.25) is 4.79 Å². The number of primary amides is 1. The second-order valence-electron chi connectivity index (χ2n) is 5.01. The van der Waals surface area contributed by atoms with Crippen LogP contribution in [0, 0.1) is 11.6 Å². The summed E-state index contributed by atoms with van der Waals surface area (Å²) in [5.74, 6) is -2.09. The van der Waals surface area contributed by atoms with Crippen molar-refractivity contribution in [3.8, 4) is 5.75 Å². The van der Waals surface area contributed by atoms with Gasteiger partial charge < -0.3 is 15.5 Å². The smallest absolute Gasteiger partial charge is 0.251 e. The summed E-state index contributed by atoms with van der Waals surface area (Å²) in [6, 6.07) is 3.80. The summed E-state index contributed by atoms with van der Waals surface area (Å²) < 4.78 is 33.4. The van der Waals surface area contributed by atoms with Crippen molar-refractivity contribution in [3.05, 3.63) is 58.9 Å². The van der Waals surface area contributed by atoms with Crippen molar-refractivity contribution in [2.45, 2.75) is 6.42 Å². The lowest BCUT2D eigenvalue weighted by Gasteiger charge is -2.07. The Morgan fingerprint density at radius 3 is 2.87 bits per heavy atom. The summed E-state index contributed by atoms with van der Waals surface area (Å²) >= 11 is 0. The van der Waals surface area contributed by atoms with Crippen molar-refractivity contribution in [1.82, 2.24) is 9.97 Å². The van der Waals surface area contributed by atoms with Gasteiger partial charge >= 0.3 is 0 Å². The fraction of sp³-hybridized carbons (Fsp3) is 0.125. The molecule has 0 saturated carbocycles. The van der Waals surface area contributed by atoms with Crippen LogP contribution in [0.25, 0.3) is 11.0 Å². The standard InChI is InChI=1S/C16H13F2N3O2/c1-23-9-5-11-8(6-20-16(11)21-7-9)4-12-13(17)3-2-10(14(12)18)15(19)22/h2-3,5-7H,4H2,1H3,(H2,19,22)(H,20,21). The van der Waals surface area contributed by atoms with Crippen molar-refractivity contribution in [1.29, 1.82) is 0 Å². The quantitative estimate of drug-likeness (QED) is 0.776. The SMILES string of the molecule is COc1cnc2[nH]cc(Cc3c(F)ccc(C(N)=O)c3F)c2c1. The van der Waals surface area contributed by atoms with E-state index in [0.717, 1.165) is 12.1 Å². The summed E-state index contributed by atoms with van der Waals surface area (Å²) in [6.45, 7) is 0. The topological polar surface area (TPSA) is 81.0 Å². The normalized spacial score (nSPS) is 10.9. The van der Waals surface area contributed by atoms with E-state index in [1.807, 2.05) is 0 Å². The molecule has 0 atom stereocenters. The number of fused-ring (bicyclic) bond motifs is 1. The van der Waals surface area contributed by atoms with E-state index in [4.69, 9.17) is 10.5 Å². The monoisotopic (exact) mass is 317 g/mol. The zero-order chi connectivity index (χ0) is 16.6. The van der Waals surface area contributed by atoms with E-state index in [1.54, 1.807) is 12.3 Å². The highest BCUT2D eigenvalue weighted by Crippen LogP contribution is 2.26. The number of amides is 1. The molecule has 3 rings (SSSR count). The summed E-state index contributed by atoms with van der Waals surface area (Å²) in [4.78, 5) is 18.3. The first-order valence-corrected chi connectivity index (χ1v) is 6.78. The van der Waals surface area contributed by atoms with Crippen molar-refractivity contribution in [2.24, 2.45) is 5.73 Å². The third kappa shape index (κ3) is 2.61. The molecule has 3 aromatic rings. The van der Waals surface area contributed by atoms with E-state index in [0.29, 0.717) is 22.3 Å². The molecular formula is C16H13F2N3O2. The Morgan fingerprint density at radius 1 is 1.39 bits per heavy atom. The molecule has 1 aromatic carbocycles. The molecule has 0 aliphatic carbocycles. The fourth-order valence-electron chi connectivity index (χ4n) is 2.44. The maximum atomic E-state index is 14.3. The first kappa shape index (κ1) is 15.0.